The van der Waals surface area contributed by atoms with Crippen molar-refractivity contribution in [2.24, 2.45) is 0 Å². The Morgan fingerprint density at radius 2 is 1.89 bits per heavy atom. The summed E-state index contributed by atoms with van der Waals surface area (Å²) in [6.07, 6.45) is 5.90. The van der Waals surface area contributed by atoms with Crippen LogP contribution in [0.4, 0.5) is 0 Å². The van der Waals surface area contributed by atoms with E-state index in [1.54, 1.807) is 0 Å². The molecule has 0 saturated heterocycles. The van der Waals surface area contributed by atoms with E-state index in [1.165, 1.54) is 25.7 Å². The van der Waals surface area contributed by atoms with Crippen LogP contribution in [-0.4, -0.2) is 17.8 Å². The summed E-state index contributed by atoms with van der Waals surface area (Å²) < 4.78 is 0. The van der Waals surface area contributed by atoms with Gasteiger partial charge < -0.3 is 10.4 Å². The molecule has 0 amide bonds. The average molecular weight is 268 g/mol. The maximum absolute atomic E-state index is 9.86. The van der Waals surface area contributed by atoms with E-state index >= 15 is 0 Å². The molecule has 1 aromatic rings. The van der Waals surface area contributed by atoms with Crippen LogP contribution < -0.4 is 5.32 Å². The molecule has 100 valence electrons. The molecule has 1 fully saturated rings. The van der Waals surface area contributed by atoms with E-state index in [2.05, 4.69) is 12.2 Å². The van der Waals surface area contributed by atoms with Crippen LogP contribution in [0.1, 0.15) is 44.6 Å². The first-order valence-electron chi connectivity index (χ1n) is 6.85. The summed E-state index contributed by atoms with van der Waals surface area (Å²) >= 11 is 5.94. The number of hydrogen-bond donors (Lipinski definition) is 2. The van der Waals surface area contributed by atoms with Crippen molar-refractivity contribution in [2.45, 2.75) is 50.6 Å². The van der Waals surface area contributed by atoms with Gasteiger partial charge in [-0.25, -0.2) is 0 Å². The second-order valence-electron chi connectivity index (χ2n) is 5.23. The molecule has 3 heteroatoms. The third-order valence-electron chi connectivity index (χ3n) is 4.11. The molecule has 0 radical (unpaired) electrons. The Bertz CT molecular complexity index is 367. The molecule has 1 aliphatic rings. The van der Waals surface area contributed by atoms with Crippen LogP contribution >= 0.6 is 11.6 Å². The van der Waals surface area contributed by atoms with Crippen molar-refractivity contribution >= 4 is 11.6 Å². The minimum atomic E-state index is -0.320. The fourth-order valence-electron chi connectivity index (χ4n) is 2.87. The van der Waals surface area contributed by atoms with Gasteiger partial charge in [0.15, 0.2) is 0 Å². The highest BCUT2D eigenvalue weighted by Gasteiger charge is 2.32. The van der Waals surface area contributed by atoms with Gasteiger partial charge in [-0.05, 0) is 37.0 Å². The monoisotopic (exact) mass is 267 g/mol. The van der Waals surface area contributed by atoms with Crippen molar-refractivity contribution in [3.63, 3.8) is 0 Å². The van der Waals surface area contributed by atoms with Crippen molar-refractivity contribution < 1.29 is 5.11 Å². The van der Waals surface area contributed by atoms with Crippen molar-refractivity contribution in [1.82, 2.24) is 5.32 Å². The smallest absolute Gasteiger partial charge is 0.0668 e. The number of aliphatic hydroxyl groups is 1. The van der Waals surface area contributed by atoms with Crippen LogP contribution in [0.3, 0.4) is 0 Å². The average Bonchev–Trinajstić information content (AvgIpc) is 2.90. The normalized spacial score (nSPS) is 19.9. The SMILES string of the molecule is CCC(CO)(NC1CCCC1)c1ccc(Cl)cc1. The zero-order valence-electron chi connectivity index (χ0n) is 11.0. The van der Waals surface area contributed by atoms with Crippen LogP contribution in [-0.2, 0) is 5.54 Å². The lowest BCUT2D eigenvalue weighted by molar-refractivity contribution is 0.142. The van der Waals surface area contributed by atoms with Gasteiger partial charge in [0.1, 0.15) is 0 Å². The highest BCUT2D eigenvalue weighted by molar-refractivity contribution is 6.30. The van der Waals surface area contributed by atoms with E-state index in [0.29, 0.717) is 6.04 Å². The third kappa shape index (κ3) is 2.87. The van der Waals surface area contributed by atoms with Crippen LogP contribution in [0.5, 0.6) is 0 Å². The molecule has 2 N–H and O–H groups in total. The Balaban J connectivity index is 2.21. The van der Waals surface area contributed by atoms with Gasteiger partial charge in [0.05, 0.1) is 12.1 Å². The molecule has 2 nitrogen and oxygen atoms in total. The van der Waals surface area contributed by atoms with Gasteiger partial charge in [-0.2, -0.15) is 0 Å². The maximum Gasteiger partial charge on any atom is 0.0668 e. The maximum atomic E-state index is 9.86. The summed E-state index contributed by atoms with van der Waals surface area (Å²) in [7, 11) is 0. The van der Waals surface area contributed by atoms with E-state index in [9.17, 15) is 5.11 Å². The van der Waals surface area contributed by atoms with Gasteiger partial charge in [-0.3, -0.25) is 0 Å². The summed E-state index contributed by atoms with van der Waals surface area (Å²) in [4.78, 5) is 0. The standard InChI is InChI=1S/C15H22ClNO/c1-2-15(11-18,17-14-5-3-4-6-14)12-7-9-13(16)10-8-12/h7-10,14,17-18H,2-6,11H2,1H3. The van der Waals surface area contributed by atoms with Crippen molar-refractivity contribution in [1.29, 1.82) is 0 Å². The Morgan fingerprint density at radius 1 is 1.28 bits per heavy atom. The second-order valence-corrected chi connectivity index (χ2v) is 5.66. The molecule has 0 spiro atoms. The van der Waals surface area contributed by atoms with Crippen LogP contribution in [0.15, 0.2) is 24.3 Å². The summed E-state index contributed by atoms with van der Waals surface area (Å²) in [5, 5.41) is 14.3. The van der Waals surface area contributed by atoms with E-state index in [4.69, 9.17) is 11.6 Å². The molecule has 0 aromatic heterocycles. The van der Waals surface area contributed by atoms with Crippen molar-refractivity contribution in [2.75, 3.05) is 6.61 Å². The molecule has 18 heavy (non-hydrogen) atoms. The van der Waals surface area contributed by atoms with Crippen LogP contribution in [0, 0.1) is 0 Å². The Labute approximate surface area is 114 Å². The number of aliphatic hydroxyl groups excluding tert-OH is 1. The number of benzene rings is 1. The molecular weight excluding hydrogens is 246 g/mol. The van der Waals surface area contributed by atoms with Gasteiger partial charge in [-0.15, -0.1) is 0 Å². The summed E-state index contributed by atoms with van der Waals surface area (Å²) in [6.45, 7) is 2.24. The summed E-state index contributed by atoms with van der Waals surface area (Å²) in [5.74, 6) is 0. The lowest BCUT2D eigenvalue weighted by Gasteiger charge is -2.35. The molecular formula is C15H22ClNO. The van der Waals surface area contributed by atoms with E-state index in [-0.39, 0.29) is 12.1 Å². The van der Waals surface area contributed by atoms with E-state index in [1.807, 2.05) is 24.3 Å². The quantitative estimate of drug-likeness (QED) is 0.856. The Hall–Kier alpha value is -0.570. The summed E-state index contributed by atoms with van der Waals surface area (Å²) in [6, 6.07) is 8.36. The van der Waals surface area contributed by atoms with Crippen LogP contribution in [0.2, 0.25) is 5.02 Å². The molecule has 0 heterocycles. The molecule has 1 saturated carbocycles. The first-order chi connectivity index (χ1) is 8.70. The predicted molar refractivity (Wildman–Crippen MR) is 75.9 cm³/mol. The zero-order chi connectivity index (χ0) is 13.0. The summed E-state index contributed by atoms with van der Waals surface area (Å²) in [5.41, 5.74) is 0.809. The van der Waals surface area contributed by atoms with Gasteiger partial charge in [-0.1, -0.05) is 43.5 Å². The number of nitrogens with one attached hydrogen (secondary N) is 1. The highest BCUT2D eigenvalue weighted by Crippen LogP contribution is 2.29. The minimum Gasteiger partial charge on any atom is -0.394 e. The zero-order valence-corrected chi connectivity index (χ0v) is 11.7. The molecule has 0 aliphatic heterocycles. The topological polar surface area (TPSA) is 32.3 Å². The number of halogens is 1. The molecule has 2 rings (SSSR count). The fraction of sp³-hybridized carbons (Fsp3) is 0.600. The van der Waals surface area contributed by atoms with Gasteiger partial charge in [0.25, 0.3) is 0 Å². The minimum absolute atomic E-state index is 0.127. The van der Waals surface area contributed by atoms with E-state index < -0.39 is 0 Å². The third-order valence-corrected chi connectivity index (χ3v) is 4.36. The van der Waals surface area contributed by atoms with Gasteiger partial charge in [0.2, 0.25) is 0 Å². The lowest BCUT2D eigenvalue weighted by Crippen LogP contribution is -2.49. The van der Waals surface area contributed by atoms with E-state index in [0.717, 1.165) is 17.0 Å². The van der Waals surface area contributed by atoms with Gasteiger partial charge in [0, 0.05) is 11.1 Å². The first kappa shape index (κ1) is 13.9. The van der Waals surface area contributed by atoms with Crippen LogP contribution in [0.25, 0.3) is 0 Å². The number of hydrogen-bond acceptors (Lipinski definition) is 2. The second kappa shape index (κ2) is 6.05. The Morgan fingerprint density at radius 3 is 2.39 bits per heavy atom. The Kier molecular flexibility index (Phi) is 4.66. The molecule has 1 aliphatic carbocycles. The lowest BCUT2D eigenvalue weighted by atomic mass is 9.87. The predicted octanol–water partition coefficient (Wildman–Crippen LogP) is 3.47. The molecule has 1 atom stereocenters. The first-order valence-corrected chi connectivity index (χ1v) is 7.22. The van der Waals surface area contributed by atoms with Crippen molar-refractivity contribution in [3.05, 3.63) is 34.9 Å². The highest BCUT2D eigenvalue weighted by atomic mass is 35.5. The fourth-order valence-corrected chi connectivity index (χ4v) is 2.99. The molecule has 0 bridgehead atoms. The number of rotatable bonds is 5. The van der Waals surface area contributed by atoms with Crippen molar-refractivity contribution in [3.8, 4) is 0 Å². The van der Waals surface area contributed by atoms with Gasteiger partial charge >= 0.3 is 0 Å². The molecule has 1 unspecified atom stereocenters. The largest absolute Gasteiger partial charge is 0.394 e. The molecule has 1 aromatic carbocycles.